The highest BCUT2D eigenvalue weighted by molar-refractivity contribution is 4.99. The Balaban J connectivity index is 2.19. The van der Waals surface area contributed by atoms with Crippen LogP contribution in [0.4, 0.5) is 0 Å². The van der Waals surface area contributed by atoms with Crippen LogP contribution in [0.3, 0.4) is 0 Å². The zero-order chi connectivity index (χ0) is 9.97. The fourth-order valence-electron chi connectivity index (χ4n) is 2.21. The van der Waals surface area contributed by atoms with E-state index in [1.165, 1.54) is 19.3 Å². The van der Waals surface area contributed by atoms with Crippen molar-refractivity contribution in [3.63, 3.8) is 0 Å². The maximum absolute atomic E-state index is 6.13. The minimum atomic E-state index is 0.224. The van der Waals surface area contributed by atoms with E-state index in [2.05, 4.69) is 15.5 Å². The lowest BCUT2D eigenvalue weighted by Crippen LogP contribution is -2.29. The standard InChI is InChI=1S/C9H17N5/c1-14-9(11-12-13-14)7-5-3-2-4-6-8(7)10/h7-8H,2-6,10H2,1H3. The first-order valence-electron chi connectivity index (χ1n) is 5.27. The molecule has 0 spiro atoms. The highest BCUT2D eigenvalue weighted by Gasteiger charge is 2.25. The number of aryl methyl sites for hydroxylation is 1. The molecular weight excluding hydrogens is 178 g/mol. The first-order chi connectivity index (χ1) is 6.79. The van der Waals surface area contributed by atoms with Gasteiger partial charge >= 0.3 is 0 Å². The summed E-state index contributed by atoms with van der Waals surface area (Å²) in [6, 6.07) is 0.224. The van der Waals surface area contributed by atoms with Crippen LogP contribution in [-0.4, -0.2) is 26.2 Å². The first kappa shape index (κ1) is 9.58. The monoisotopic (exact) mass is 195 g/mol. The average Bonchev–Trinajstić information content (AvgIpc) is 2.46. The Kier molecular flexibility index (Phi) is 2.77. The number of hydrogen-bond donors (Lipinski definition) is 1. The van der Waals surface area contributed by atoms with Gasteiger partial charge in [-0.2, -0.15) is 0 Å². The molecule has 1 fully saturated rings. The molecule has 1 aromatic heterocycles. The van der Waals surface area contributed by atoms with Crippen LogP contribution in [0.15, 0.2) is 0 Å². The van der Waals surface area contributed by atoms with Crippen LogP contribution in [0.25, 0.3) is 0 Å². The molecular formula is C9H17N5. The zero-order valence-electron chi connectivity index (χ0n) is 8.56. The third-order valence-corrected chi connectivity index (χ3v) is 3.05. The van der Waals surface area contributed by atoms with E-state index in [-0.39, 0.29) is 6.04 Å². The third-order valence-electron chi connectivity index (χ3n) is 3.05. The Bertz CT molecular complexity index is 295. The quantitative estimate of drug-likeness (QED) is 0.666. The minimum Gasteiger partial charge on any atom is -0.327 e. The van der Waals surface area contributed by atoms with Crippen molar-refractivity contribution in [2.24, 2.45) is 12.8 Å². The summed E-state index contributed by atoms with van der Waals surface area (Å²) in [5, 5.41) is 11.6. The molecule has 1 aromatic rings. The van der Waals surface area contributed by atoms with Gasteiger partial charge < -0.3 is 5.73 Å². The topological polar surface area (TPSA) is 69.6 Å². The van der Waals surface area contributed by atoms with Crippen molar-refractivity contribution in [1.29, 1.82) is 0 Å². The Labute approximate surface area is 83.7 Å². The molecule has 5 heteroatoms. The molecule has 0 bridgehead atoms. The van der Waals surface area contributed by atoms with Crippen molar-refractivity contribution in [3.8, 4) is 0 Å². The highest BCUT2D eigenvalue weighted by Crippen LogP contribution is 2.28. The second-order valence-corrected chi connectivity index (χ2v) is 4.07. The van der Waals surface area contributed by atoms with Gasteiger partial charge in [0.15, 0.2) is 5.82 Å². The van der Waals surface area contributed by atoms with E-state index >= 15 is 0 Å². The Morgan fingerprint density at radius 1 is 1.29 bits per heavy atom. The molecule has 1 saturated carbocycles. The second-order valence-electron chi connectivity index (χ2n) is 4.07. The Morgan fingerprint density at radius 2 is 2.07 bits per heavy atom. The molecule has 5 nitrogen and oxygen atoms in total. The predicted octanol–water partition coefficient (Wildman–Crippen LogP) is 0.585. The van der Waals surface area contributed by atoms with Gasteiger partial charge in [-0.25, -0.2) is 4.68 Å². The fraction of sp³-hybridized carbons (Fsp3) is 0.889. The number of rotatable bonds is 1. The smallest absolute Gasteiger partial charge is 0.155 e. The number of aromatic nitrogens is 4. The minimum absolute atomic E-state index is 0.224. The molecule has 1 aliphatic carbocycles. The van der Waals surface area contributed by atoms with E-state index < -0.39 is 0 Å². The van der Waals surface area contributed by atoms with Crippen LogP contribution in [0.2, 0.25) is 0 Å². The van der Waals surface area contributed by atoms with Crippen molar-refractivity contribution < 1.29 is 0 Å². The predicted molar refractivity (Wildman–Crippen MR) is 52.6 cm³/mol. The van der Waals surface area contributed by atoms with Gasteiger partial charge in [0.25, 0.3) is 0 Å². The number of tetrazole rings is 1. The van der Waals surface area contributed by atoms with Crippen molar-refractivity contribution in [2.45, 2.75) is 44.1 Å². The lowest BCUT2D eigenvalue weighted by molar-refractivity contribution is 0.465. The molecule has 2 unspecified atom stereocenters. The van der Waals surface area contributed by atoms with Crippen LogP contribution in [-0.2, 0) is 7.05 Å². The van der Waals surface area contributed by atoms with Gasteiger partial charge in [0.1, 0.15) is 0 Å². The van der Waals surface area contributed by atoms with Crippen molar-refractivity contribution in [3.05, 3.63) is 5.82 Å². The van der Waals surface area contributed by atoms with E-state index in [0.717, 1.165) is 18.7 Å². The van der Waals surface area contributed by atoms with E-state index in [1.807, 2.05) is 7.05 Å². The van der Waals surface area contributed by atoms with Gasteiger partial charge in [-0.1, -0.05) is 19.3 Å². The molecule has 2 atom stereocenters. The maximum Gasteiger partial charge on any atom is 0.155 e. The van der Waals surface area contributed by atoms with Gasteiger partial charge in [0, 0.05) is 19.0 Å². The van der Waals surface area contributed by atoms with Gasteiger partial charge in [0.05, 0.1) is 0 Å². The molecule has 2 rings (SSSR count). The lowest BCUT2D eigenvalue weighted by Gasteiger charge is -2.19. The molecule has 2 N–H and O–H groups in total. The summed E-state index contributed by atoms with van der Waals surface area (Å²) in [5.41, 5.74) is 6.13. The molecule has 1 aliphatic rings. The van der Waals surface area contributed by atoms with E-state index in [4.69, 9.17) is 5.73 Å². The highest BCUT2D eigenvalue weighted by atomic mass is 15.5. The summed E-state index contributed by atoms with van der Waals surface area (Å²) in [6.45, 7) is 0. The summed E-state index contributed by atoms with van der Waals surface area (Å²) in [7, 11) is 1.88. The number of hydrogen-bond acceptors (Lipinski definition) is 4. The van der Waals surface area contributed by atoms with Crippen LogP contribution in [0.5, 0.6) is 0 Å². The summed E-state index contributed by atoms with van der Waals surface area (Å²) in [6.07, 6.45) is 5.98. The van der Waals surface area contributed by atoms with Crippen LogP contribution < -0.4 is 5.73 Å². The van der Waals surface area contributed by atoms with Crippen LogP contribution in [0, 0.1) is 0 Å². The molecule has 14 heavy (non-hydrogen) atoms. The van der Waals surface area contributed by atoms with E-state index in [1.54, 1.807) is 4.68 Å². The molecule has 0 amide bonds. The van der Waals surface area contributed by atoms with Gasteiger partial charge in [0.2, 0.25) is 0 Å². The van der Waals surface area contributed by atoms with Crippen LogP contribution >= 0.6 is 0 Å². The van der Waals surface area contributed by atoms with Gasteiger partial charge in [-0.05, 0) is 23.3 Å². The lowest BCUT2D eigenvalue weighted by atomic mass is 9.95. The van der Waals surface area contributed by atoms with Gasteiger partial charge in [-0.15, -0.1) is 5.10 Å². The second kappa shape index (κ2) is 4.04. The zero-order valence-corrected chi connectivity index (χ0v) is 8.56. The van der Waals surface area contributed by atoms with Crippen molar-refractivity contribution in [2.75, 3.05) is 0 Å². The summed E-state index contributed by atoms with van der Waals surface area (Å²) in [5.74, 6) is 1.29. The van der Waals surface area contributed by atoms with Crippen molar-refractivity contribution in [1.82, 2.24) is 20.2 Å². The average molecular weight is 195 g/mol. The van der Waals surface area contributed by atoms with E-state index in [9.17, 15) is 0 Å². The molecule has 0 radical (unpaired) electrons. The molecule has 0 aromatic carbocycles. The summed E-state index contributed by atoms with van der Waals surface area (Å²) in [4.78, 5) is 0. The van der Waals surface area contributed by atoms with Crippen LogP contribution in [0.1, 0.15) is 43.8 Å². The Morgan fingerprint density at radius 3 is 2.79 bits per heavy atom. The van der Waals surface area contributed by atoms with E-state index in [0.29, 0.717) is 5.92 Å². The molecule has 0 aliphatic heterocycles. The summed E-state index contributed by atoms with van der Waals surface area (Å²) >= 11 is 0. The molecule has 0 saturated heterocycles. The number of nitrogens with zero attached hydrogens (tertiary/aromatic N) is 4. The SMILES string of the molecule is Cn1nnnc1C1CCCCCC1N. The first-order valence-corrected chi connectivity index (χ1v) is 5.27. The molecule has 1 heterocycles. The third kappa shape index (κ3) is 1.77. The van der Waals surface area contributed by atoms with Crippen molar-refractivity contribution >= 4 is 0 Å². The fourth-order valence-corrected chi connectivity index (χ4v) is 2.21. The normalized spacial score (nSPS) is 28.7. The van der Waals surface area contributed by atoms with Gasteiger partial charge in [-0.3, -0.25) is 0 Å². The number of nitrogens with two attached hydrogens (primary N) is 1. The molecule has 78 valence electrons. The Hall–Kier alpha value is -0.970. The maximum atomic E-state index is 6.13. The summed E-state index contributed by atoms with van der Waals surface area (Å²) < 4.78 is 1.75. The largest absolute Gasteiger partial charge is 0.327 e.